The Balaban J connectivity index is 2.01. The number of anilines is 2. The van der Waals surface area contributed by atoms with Crippen LogP contribution in [0.4, 0.5) is 11.6 Å². The highest BCUT2D eigenvalue weighted by Crippen LogP contribution is 2.25. The first-order chi connectivity index (χ1) is 8.70. The maximum atomic E-state index is 4.50. The van der Waals surface area contributed by atoms with Gasteiger partial charge in [-0.05, 0) is 32.6 Å². The van der Waals surface area contributed by atoms with Crippen LogP contribution in [0.15, 0.2) is 0 Å². The normalized spacial score (nSPS) is 16.6. The van der Waals surface area contributed by atoms with Crippen LogP contribution in [-0.2, 0) is 0 Å². The Hall–Kier alpha value is -1.32. The Labute approximate surface area is 110 Å². The molecule has 0 aliphatic heterocycles. The average molecular weight is 248 g/mol. The molecule has 0 amide bonds. The van der Waals surface area contributed by atoms with Crippen LogP contribution in [-0.4, -0.2) is 23.6 Å². The van der Waals surface area contributed by atoms with Gasteiger partial charge in [-0.25, -0.2) is 9.97 Å². The van der Waals surface area contributed by atoms with Gasteiger partial charge < -0.3 is 10.6 Å². The van der Waals surface area contributed by atoms with Crippen molar-refractivity contribution in [1.29, 1.82) is 0 Å². The number of nitrogens with one attached hydrogen (secondary N) is 2. The van der Waals surface area contributed by atoms with E-state index < -0.39 is 0 Å². The van der Waals surface area contributed by atoms with Crippen molar-refractivity contribution in [1.82, 2.24) is 9.97 Å². The van der Waals surface area contributed by atoms with Crippen molar-refractivity contribution < 1.29 is 0 Å². The van der Waals surface area contributed by atoms with Crippen molar-refractivity contribution in [3.05, 3.63) is 11.4 Å². The Morgan fingerprint density at radius 1 is 1.06 bits per heavy atom. The molecule has 1 saturated carbocycles. The summed E-state index contributed by atoms with van der Waals surface area (Å²) in [7, 11) is 1.90. The van der Waals surface area contributed by atoms with Crippen LogP contribution in [0.1, 0.15) is 43.5 Å². The van der Waals surface area contributed by atoms with E-state index in [1.807, 2.05) is 14.0 Å². The van der Waals surface area contributed by atoms with Gasteiger partial charge in [-0.15, -0.1) is 0 Å². The molecular weight excluding hydrogens is 224 g/mol. The van der Waals surface area contributed by atoms with Gasteiger partial charge in [-0.2, -0.15) is 0 Å². The highest BCUT2D eigenvalue weighted by molar-refractivity contribution is 5.56. The van der Waals surface area contributed by atoms with Gasteiger partial charge in [-0.3, -0.25) is 0 Å². The summed E-state index contributed by atoms with van der Waals surface area (Å²) in [5.41, 5.74) is 1.11. The number of nitrogens with zero attached hydrogens (tertiary/aromatic N) is 2. The smallest absolute Gasteiger partial charge is 0.134 e. The maximum Gasteiger partial charge on any atom is 0.134 e. The van der Waals surface area contributed by atoms with Gasteiger partial charge in [0.2, 0.25) is 0 Å². The molecule has 2 rings (SSSR count). The zero-order valence-corrected chi connectivity index (χ0v) is 11.7. The van der Waals surface area contributed by atoms with Crippen molar-refractivity contribution >= 4 is 11.6 Å². The van der Waals surface area contributed by atoms with Crippen LogP contribution in [0, 0.1) is 19.8 Å². The molecule has 1 aromatic rings. The molecule has 1 fully saturated rings. The zero-order chi connectivity index (χ0) is 13.0. The summed E-state index contributed by atoms with van der Waals surface area (Å²) in [4.78, 5) is 8.89. The molecule has 4 nitrogen and oxygen atoms in total. The number of aryl methyl sites for hydroxylation is 1. The van der Waals surface area contributed by atoms with E-state index in [0.29, 0.717) is 0 Å². The first kappa shape index (κ1) is 13.1. The van der Waals surface area contributed by atoms with Crippen LogP contribution in [0.3, 0.4) is 0 Å². The van der Waals surface area contributed by atoms with Gasteiger partial charge >= 0.3 is 0 Å². The van der Waals surface area contributed by atoms with E-state index in [2.05, 4.69) is 27.5 Å². The van der Waals surface area contributed by atoms with Gasteiger partial charge in [0.25, 0.3) is 0 Å². The predicted molar refractivity (Wildman–Crippen MR) is 76.1 cm³/mol. The summed E-state index contributed by atoms with van der Waals surface area (Å²) in [6, 6.07) is 0. The minimum absolute atomic E-state index is 0.812. The highest BCUT2D eigenvalue weighted by atomic mass is 15.1. The molecule has 0 aromatic carbocycles. The Morgan fingerprint density at radius 3 is 2.39 bits per heavy atom. The minimum atomic E-state index is 0.812. The Bertz CT molecular complexity index is 397. The van der Waals surface area contributed by atoms with Crippen molar-refractivity contribution in [2.45, 2.75) is 46.0 Å². The average Bonchev–Trinajstić information content (AvgIpc) is 2.40. The van der Waals surface area contributed by atoms with Gasteiger partial charge in [0.1, 0.15) is 17.5 Å². The van der Waals surface area contributed by atoms with E-state index >= 15 is 0 Å². The molecule has 4 heteroatoms. The molecule has 18 heavy (non-hydrogen) atoms. The lowest BCUT2D eigenvalue weighted by Gasteiger charge is -2.22. The lowest BCUT2D eigenvalue weighted by atomic mass is 9.89. The molecule has 0 atom stereocenters. The van der Waals surface area contributed by atoms with Gasteiger partial charge in [0, 0.05) is 19.2 Å². The first-order valence-corrected chi connectivity index (χ1v) is 6.97. The van der Waals surface area contributed by atoms with Crippen LogP contribution in [0.25, 0.3) is 0 Å². The molecule has 1 aliphatic carbocycles. The number of hydrogen-bond donors (Lipinski definition) is 2. The molecule has 0 bridgehead atoms. The van der Waals surface area contributed by atoms with E-state index in [4.69, 9.17) is 0 Å². The van der Waals surface area contributed by atoms with E-state index in [0.717, 1.165) is 35.5 Å². The van der Waals surface area contributed by atoms with E-state index in [1.54, 1.807) is 0 Å². The molecule has 0 saturated heterocycles. The highest BCUT2D eigenvalue weighted by Gasteiger charge is 2.14. The number of hydrogen-bond acceptors (Lipinski definition) is 4. The first-order valence-electron chi connectivity index (χ1n) is 6.97. The lowest BCUT2D eigenvalue weighted by molar-refractivity contribution is 0.373. The SMILES string of the molecule is CNc1nc(C)nc(NCC2CCCCC2)c1C. The summed E-state index contributed by atoms with van der Waals surface area (Å²) in [5.74, 6) is 3.54. The van der Waals surface area contributed by atoms with E-state index in [-0.39, 0.29) is 0 Å². The summed E-state index contributed by atoms with van der Waals surface area (Å²) in [6.45, 7) is 5.04. The molecule has 1 aliphatic rings. The van der Waals surface area contributed by atoms with Crippen LogP contribution in [0.2, 0.25) is 0 Å². The third-order valence-electron chi connectivity index (χ3n) is 3.78. The fourth-order valence-electron chi connectivity index (χ4n) is 2.68. The predicted octanol–water partition coefficient (Wildman–Crippen LogP) is 3.13. The fourth-order valence-corrected chi connectivity index (χ4v) is 2.68. The van der Waals surface area contributed by atoms with Crippen molar-refractivity contribution in [2.24, 2.45) is 5.92 Å². The second kappa shape index (κ2) is 6.03. The molecule has 2 N–H and O–H groups in total. The van der Waals surface area contributed by atoms with Crippen LogP contribution >= 0.6 is 0 Å². The van der Waals surface area contributed by atoms with Crippen LogP contribution in [0.5, 0.6) is 0 Å². The molecule has 100 valence electrons. The molecular formula is C14H24N4. The largest absolute Gasteiger partial charge is 0.373 e. The monoisotopic (exact) mass is 248 g/mol. The molecule has 0 unspecified atom stereocenters. The van der Waals surface area contributed by atoms with E-state index in [1.165, 1.54) is 32.1 Å². The Morgan fingerprint density at radius 2 is 1.72 bits per heavy atom. The van der Waals surface area contributed by atoms with Crippen molar-refractivity contribution in [3.63, 3.8) is 0 Å². The standard InChI is InChI=1S/C14H24N4/c1-10-13(15-3)17-11(2)18-14(10)16-9-12-7-5-4-6-8-12/h12H,4-9H2,1-3H3,(H2,15,16,17,18). The molecule has 1 aromatic heterocycles. The lowest BCUT2D eigenvalue weighted by Crippen LogP contribution is -2.19. The number of rotatable bonds is 4. The van der Waals surface area contributed by atoms with E-state index in [9.17, 15) is 0 Å². The topological polar surface area (TPSA) is 49.8 Å². The number of aromatic nitrogens is 2. The summed E-state index contributed by atoms with van der Waals surface area (Å²) in [6.07, 6.45) is 6.89. The minimum Gasteiger partial charge on any atom is -0.373 e. The second-order valence-electron chi connectivity index (χ2n) is 5.23. The fraction of sp³-hybridized carbons (Fsp3) is 0.714. The van der Waals surface area contributed by atoms with Crippen LogP contribution < -0.4 is 10.6 Å². The molecule has 0 radical (unpaired) electrons. The summed E-state index contributed by atoms with van der Waals surface area (Å²) < 4.78 is 0. The maximum absolute atomic E-state index is 4.50. The van der Waals surface area contributed by atoms with Gasteiger partial charge in [0.15, 0.2) is 0 Å². The third kappa shape index (κ3) is 3.12. The Kier molecular flexibility index (Phi) is 4.39. The second-order valence-corrected chi connectivity index (χ2v) is 5.23. The zero-order valence-electron chi connectivity index (χ0n) is 11.7. The van der Waals surface area contributed by atoms with Gasteiger partial charge in [-0.1, -0.05) is 19.3 Å². The van der Waals surface area contributed by atoms with Crippen molar-refractivity contribution in [3.8, 4) is 0 Å². The van der Waals surface area contributed by atoms with Crippen molar-refractivity contribution in [2.75, 3.05) is 24.2 Å². The summed E-state index contributed by atoms with van der Waals surface area (Å²) >= 11 is 0. The summed E-state index contributed by atoms with van der Waals surface area (Å²) in [5, 5.41) is 6.63. The third-order valence-corrected chi connectivity index (χ3v) is 3.78. The quantitative estimate of drug-likeness (QED) is 0.859. The molecule has 1 heterocycles. The van der Waals surface area contributed by atoms with Gasteiger partial charge in [0.05, 0.1) is 0 Å². The molecule has 0 spiro atoms.